The maximum atomic E-state index is 13.9. The van der Waals surface area contributed by atoms with Crippen LogP contribution in [-0.4, -0.2) is 34.1 Å². The fraction of sp³-hybridized carbons (Fsp3) is 0.182. The van der Waals surface area contributed by atoms with Crippen molar-refractivity contribution in [1.82, 2.24) is 14.5 Å². The van der Waals surface area contributed by atoms with E-state index in [1.165, 1.54) is 24.3 Å². The van der Waals surface area contributed by atoms with Crippen LogP contribution in [0.3, 0.4) is 0 Å². The number of anilines is 1. The molecule has 1 unspecified atom stereocenters. The van der Waals surface area contributed by atoms with Crippen molar-refractivity contribution in [3.63, 3.8) is 0 Å². The van der Waals surface area contributed by atoms with E-state index in [4.69, 9.17) is 0 Å². The van der Waals surface area contributed by atoms with Crippen molar-refractivity contribution >= 4 is 16.7 Å². The van der Waals surface area contributed by atoms with Crippen molar-refractivity contribution in [2.45, 2.75) is 12.1 Å². The third-order valence-electron chi connectivity index (χ3n) is 7.83. The zero-order chi connectivity index (χ0) is 28.5. The number of nitriles is 1. The van der Waals surface area contributed by atoms with Crippen LogP contribution in [0.5, 0.6) is 0 Å². The molecule has 0 spiro atoms. The van der Waals surface area contributed by atoms with Crippen LogP contribution < -0.4 is 10.5 Å². The van der Waals surface area contributed by atoms with Crippen LogP contribution in [0.4, 0.5) is 14.5 Å². The van der Waals surface area contributed by atoms with E-state index < -0.39 is 0 Å². The van der Waals surface area contributed by atoms with Gasteiger partial charge in [0, 0.05) is 32.7 Å². The Balaban J connectivity index is 1.47. The number of halogens is 2. The molecule has 204 valence electrons. The van der Waals surface area contributed by atoms with Crippen LogP contribution in [0.2, 0.25) is 0 Å². The fourth-order valence-electron chi connectivity index (χ4n) is 5.78. The predicted molar refractivity (Wildman–Crippen MR) is 154 cm³/mol. The molecular weight excluding hydrogens is 520 g/mol. The molecule has 1 atom stereocenters. The maximum Gasteiger partial charge on any atom is 0.252 e. The summed E-state index contributed by atoms with van der Waals surface area (Å²) in [6, 6.07) is 29.6. The summed E-state index contributed by atoms with van der Waals surface area (Å²) in [4.78, 5) is 22.2. The number of benzene rings is 3. The Kier molecular flexibility index (Phi) is 7.04. The van der Waals surface area contributed by atoms with E-state index in [-0.39, 0.29) is 35.0 Å². The maximum absolute atomic E-state index is 13.9. The molecule has 3 heterocycles. The molecule has 0 aliphatic carbocycles. The van der Waals surface area contributed by atoms with Gasteiger partial charge in [-0.3, -0.25) is 9.69 Å². The van der Waals surface area contributed by atoms with Crippen molar-refractivity contribution in [3.05, 3.63) is 141 Å². The van der Waals surface area contributed by atoms with Gasteiger partial charge in [0.2, 0.25) is 0 Å². The van der Waals surface area contributed by atoms with Gasteiger partial charge in [-0.25, -0.2) is 13.8 Å². The van der Waals surface area contributed by atoms with Crippen LogP contribution in [0.1, 0.15) is 34.5 Å². The minimum absolute atomic E-state index is 0.163. The van der Waals surface area contributed by atoms with Gasteiger partial charge in [0.15, 0.2) is 0 Å². The SMILES string of the molecule is Cn1c(=O)cc(N2CCN(C(c3ccc(F)cc3)c3ccc(F)cc3)CC2c2ccccc2)c2nc(C#N)ccc21. The summed E-state index contributed by atoms with van der Waals surface area (Å²) in [7, 11) is 1.70. The average Bonchev–Trinajstić information content (AvgIpc) is 3.01. The minimum Gasteiger partial charge on any atom is -0.360 e. The number of rotatable bonds is 5. The molecule has 0 saturated carbocycles. The lowest BCUT2D eigenvalue weighted by Gasteiger charge is -2.46. The zero-order valence-corrected chi connectivity index (χ0v) is 22.4. The molecule has 1 aliphatic rings. The van der Waals surface area contributed by atoms with Crippen molar-refractivity contribution in [1.29, 1.82) is 5.26 Å². The summed E-state index contributed by atoms with van der Waals surface area (Å²) in [6.07, 6.45) is 0. The average molecular weight is 548 g/mol. The molecule has 0 amide bonds. The number of aromatic nitrogens is 2. The molecule has 0 N–H and O–H groups in total. The summed E-state index contributed by atoms with van der Waals surface area (Å²) >= 11 is 0. The Morgan fingerprint density at radius 1 is 0.878 bits per heavy atom. The van der Waals surface area contributed by atoms with E-state index in [1.54, 1.807) is 54.1 Å². The Hall–Kier alpha value is -4.87. The molecule has 3 aromatic carbocycles. The van der Waals surface area contributed by atoms with Gasteiger partial charge in [0.1, 0.15) is 28.9 Å². The van der Waals surface area contributed by atoms with E-state index in [1.807, 2.05) is 18.2 Å². The molecule has 1 fully saturated rings. The van der Waals surface area contributed by atoms with Crippen molar-refractivity contribution in [2.75, 3.05) is 24.5 Å². The number of pyridine rings is 2. The lowest BCUT2D eigenvalue weighted by Crippen LogP contribution is -2.50. The quantitative estimate of drug-likeness (QED) is 0.281. The number of fused-ring (bicyclic) bond motifs is 1. The third kappa shape index (κ3) is 5.08. The zero-order valence-electron chi connectivity index (χ0n) is 22.4. The summed E-state index contributed by atoms with van der Waals surface area (Å²) in [6.45, 7) is 1.73. The number of hydrogen-bond donors (Lipinski definition) is 0. The number of hydrogen-bond acceptors (Lipinski definition) is 5. The number of piperazine rings is 1. The molecule has 5 aromatic rings. The van der Waals surface area contributed by atoms with Crippen LogP contribution in [-0.2, 0) is 7.05 Å². The highest BCUT2D eigenvalue weighted by Crippen LogP contribution is 2.38. The summed E-state index contributed by atoms with van der Waals surface area (Å²) in [5, 5.41) is 9.55. The Morgan fingerprint density at radius 3 is 2.12 bits per heavy atom. The largest absolute Gasteiger partial charge is 0.360 e. The van der Waals surface area contributed by atoms with Crippen molar-refractivity contribution in [3.8, 4) is 6.07 Å². The van der Waals surface area contributed by atoms with Gasteiger partial charge in [-0.05, 0) is 53.1 Å². The first-order valence-electron chi connectivity index (χ1n) is 13.4. The van der Waals surface area contributed by atoms with Gasteiger partial charge in [-0.1, -0.05) is 54.6 Å². The molecule has 41 heavy (non-hydrogen) atoms. The highest BCUT2D eigenvalue weighted by Gasteiger charge is 2.34. The van der Waals surface area contributed by atoms with Gasteiger partial charge < -0.3 is 9.47 Å². The van der Waals surface area contributed by atoms with Gasteiger partial charge in [-0.2, -0.15) is 5.26 Å². The van der Waals surface area contributed by atoms with E-state index in [0.717, 1.165) is 16.7 Å². The normalized spacial score (nSPS) is 15.8. The Morgan fingerprint density at radius 2 is 1.51 bits per heavy atom. The first-order chi connectivity index (χ1) is 19.9. The number of nitrogens with zero attached hydrogens (tertiary/aromatic N) is 5. The topological polar surface area (TPSA) is 65.2 Å². The van der Waals surface area contributed by atoms with E-state index in [9.17, 15) is 18.8 Å². The van der Waals surface area contributed by atoms with Gasteiger partial charge in [0.05, 0.1) is 23.3 Å². The monoisotopic (exact) mass is 547 g/mol. The van der Waals surface area contributed by atoms with Crippen LogP contribution >= 0.6 is 0 Å². The molecule has 6 nitrogen and oxygen atoms in total. The van der Waals surface area contributed by atoms with Crippen molar-refractivity contribution in [2.24, 2.45) is 7.05 Å². The lowest BCUT2D eigenvalue weighted by atomic mass is 9.93. The lowest BCUT2D eigenvalue weighted by molar-refractivity contribution is 0.183. The molecule has 8 heteroatoms. The molecule has 0 bridgehead atoms. The van der Waals surface area contributed by atoms with Gasteiger partial charge >= 0.3 is 0 Å². The highest BCUT2D eigenvalue weighted by molar-refractivity contribution is 5.89. The van der Waals surface area contributed by atoms with Crippen LogP contribution in [0.25, 0.3) is 11.0 Å². The van der Waals surface area contributed by atoms with Gasteiger partial charge in [0.25, 0.3) is 5.56 Å². The molecule has 6 rings (SSSR count). The fourth-order valence-corrected chi connectivity index (χ4v) is 5.78. The second-order valence-electron chi connectivity index (χ2n) is 10.2. The van der Waals surface area contributed by atoms with Crippen LogP contribution in [0.15, 0.2) is 102 Å². The number of aryl methyl sites for hydroxylation is 1. The van der Waals surface area contributed by atoms with Crippen molar-refractivity contribution < 1.29 is 8.78 Å². The van der Waals surface area contributed by atoms with E-state index >= 15 is 0 Å². The summed E-state index contributed by atoms with van der Waals surface area (Å²) < 4.78 is 29.3. The second kappa shape index (κ2) is 11.0. The molecule has 1 saturated heterocycles. The summed E-state index contributed by atoms with van der Waals surface area (Å²) in [5.41, 5.74) is 4.89. The minimum atomic E-state index is -0.319. The summed E-state index contributed by atoms with van der Waals surface area (Å²) in [5.74, 6) is -0.638. The highest BCUT2D eigenvalue weighted by atomic mass is 19.1. The second-order valence-corrected chi connectivity index (χ2v) is 10.2. The molecule has 1 aliphatic heterocycles. The standard InChI is InChI=1S/C33H27F2N5O/c1-38-28-16-15-27(20-36)37-32(28)29(19-31(38)41)40-18-17-39(21-30(40)22-5-3-2-4-6-22)33(23-7-11-25(34)12-8-23)24-9-13-26(35)14-10-24/h2-16,19,30,33H,17-18,21H2,1H3. The van der Waals surface area contributed by atoms with Crippen LogP contribution in [0, 0.1) is 23.0 Å². The third-order valence-corrected chi connectivity index (χ3v) is 7.83. The molecule has 0 radical (unpaired) electrons. The first kappa shape index (κ1) is 26.4. The molecule has 2 aromatic heterocycles. The van der Waals surface area contributed by atoms with E-state index in [0.29, 0.717) is 36.4 Å². The predicted octanol–water partition coefficient (Wildman–Crippen LogP) is 5.74. The van der Waals surface area contributed by atoms with Gasteiger partial charge in [-0.15, -0.1) is 0 Å². The first-order valence-corrected chi connectivity index (χ1v) is 13.4. The smallest absolute Gasteiger partial charge is 0.252 e. The Bertz CT molecular complexity index is 1750. The Labute approximate surface area is 236 Å². The van der Waals surface area contributed by atoms with E-state index in [2.05, 4.69) is 33.0 Å². The molecular formula is C33H27F2N5O.